The molecule has 286 valence electrons. The molecule has 0 spiro atoms. The number of aliphatic hydroxyl groups excluding tert-OH is 2. The molecule has 0 bridgehead atoms. The zero-order valence-corrected chi connectivity index (χ0v) is 32.2. The minimum Gasteiger partial charge on any atom is -0.394 e. The van der Waals surface area contributed by atoms with Crippen molar-refractivity contribution in [2.45, 2.75) is 231 Å². The van der Waals surface area contributed by atoms with Crippen molar-refractivity contribution >= 4 is 19.4 Å². The zero-order chi connectivity index (χ0) is 35.8. The fourth-order valence-corrected chi connectivity index (χ4v) is 7.39. The summed E-state index contributed by atoms with van der Waals surface area (Å²) in [5.41, 5.74) is -2.75. The first-order valence-corrected chi connectivity index (χ1v) is 21.8. The molecule has 0 aromatic rings. The van der Waals surface area contributed by atoms with Gasteiger partial charge in [0.05, 0.1) is 6.61 Å². The molecule has 1 atom stereocenters. The summed E-state index contributed by atoms with van der Waals surface area (Å²) in [5.74, 6) is -1.74. The molecule has 4 N–H and O–H groups in total. The number of rotatable bonds is 38. The van der Waals surface area contributed by atoms with Crippen LogP contribution in [0.2, 0.25) is 0 Å². The second-order valence-corrected chi connectivity index (χ2v) is 15.4. The van der Waals surface area contributed by atoms with Gasteiger partial charge in [0.25, 0.3) is 0 Å². The standard InChI is InChI=1S/C39H77O8P/c1-3-5-7-9-11-13-15-17-19-21-23-25-27-29-31-33-36(41)39(38(43)35-40,47-48(44,45)46)37(42)34-32-30-28-26-24-22-20-18-16-14-12-10-8-6-4-2/h38,40,43H,3-35H2,1-2H3,(H2,44,45,46). The van der Waals surface area contributed by atoms with E-state index in [9.17, 15) is 34.2 Å². The summed E-state index contributed by atoms with van der Waals surface area (Å²) in [4.78, 5) is 45.8. The lowest BCUT2D eigenvalue weighted by molar-refractivity contribution is -0.164. The summed E-state index contributed by atoms with van der Waals surface area (Å²) in [6.45, 7) is 3.46. The Hall–Kier alpha value is -0.630. The molecule has 0 aliphatic rings. The van der Waals surface area contributed by atoms with E-state index in [0.717, 1.165) is 51.4 Å². The Labute approximate surface area is 295 Å². The van der Waals surface area contributed by atoms with Crippen LogP contribution in [0, 0.1) is 0 Å². The molecular formula is C39H77O8P. The van der Waals surface area contributed by atoms with Crippen LogP contribution >= 0.6 is 7.82 Å². The van der Waals surface area contributed by atoms with Gasteiger partial charge in [-0.05, 0) is 12.8 Å². The monoisotopic (exact) mass is 705 g/mol. The van der Waals surface area contributed by atoms with Gasteiger partial charge in [0, 0.05) is 12.8 Å². The van der Waals surface area contributed by atoms with E-state index < -0.39 is 37.7 Å². The molecule has 0 aliphatic heterocycles. The summed E-state index contributed by atoms with van der Waals surface area (Å²) in [7, 11) is -5.32. The first kappa shape index (κ1) is 47.4. The number of hydrogen-bond acceptors (Lipinski definition) is 6. The quantitative estimate of drug-likeness (QED) is 0.0283. The number of aliphatic hydroxyl groups is 2. The average molecular weight is 705 g/mol. The van der Waals surface area contributed by atoms with Crippen LogP contribution in [-0.4, -0.2) is 49.9 Å². The van der Waals surface area contributed by atoms with Crippen LogP contribution in [0.3, 0.4) is 0 Å². The number of ketones is 2. The van der Waals surface area contributed by atoms with Crippen LogP contribution in [0.15, 0.2) is 0 Å². The largest absolute Gasteiger partial charge is 0.471 e. The number of carbonyl (C=O) groups is 2. The molecule has 0 amide bonds. The van der Waals surface area contributed by atoms with Gasteiger partial charge in [-0.1, -0.05) is 194 Å². The second-order valence-electron chi connectivity index (χ2n) is 14.3. The van der Waals surface area contributed by atoms with Crippen LogP contribution in [-0.2, 0) is 18.7 Å². The smallest absolute Gasteiger partial charge is 0.394 e. The Bertz CT molecular complexity index is 753. The third-order valence-corrected chi connectivity index (χ3v) is 10.3. The van der Waals surface area contributed by atoms with Crippen LogP contribution in [0.5, 0.6) is 0 Å². The molecule has 48 heavy (non-hydrogen) atoms. The van der Waals surface area contributed by atoms with Crippen molar-refractivity contribution in [3.05, 3.63) is 0 Å². The van der Waals surface area contributed by atoms with E-state index in [-0.39, 0.29) is 12.8 Å². The third kappa shape index (κ3) is 25.3. The van der Waals surface area contributed by atoms with Crippen molar-refractivity contribution in [3.8, 4) is 0 Å². The summed E-state index contributed by atoms with van der Waals surface area (Å²) >= 11 is 0. The molecule has 8 nitrogen and oxygen atoms in total. The van der Waals surface area contributed by atoms with E-state index in [1.54, 1.807) is 0 Å². The maximum Gasteiger partial charge on any atom is 0.471 e. The van der Waals surface area contributed by atoms with Gasteiger partial charge in [-0.15, -0.1) is 0 Å². The van der Waals surface area contributed by atoms with Crippen LogP contribution < -0.4 is 0 Å². The second kappa shape index (κ2) is 32.3. The summed E-state index contributed by atoms with van der Waals surface area (Å²) < 4.78 is 16.7. The molecule has 0 aromatic carbocycles. The van der Waals surface area contributed by atoms with E-state index in [4.69, 9.17) is 4.52 Å². The number of phosphoric ester groups is 1. The highest BCUT2D eigenvalue weighted by atomic mass is 31.2. The Morgan fingerprint density at radius 1 is 0.500 bits per heavy atom. The number of Topliss-reactive ketones (excluding diaryl/α,β-unsaturated/α-hetero) is 2. The van der Waals surface area contributed by atoms with Gasteiger partial charge in [-0.3, -0.25) is 14.1 Å². The lowest BCUT2D eigenvalue weighted by Crippen LogP contribution is -2.58. The maximum absolute atomic E-state index is 13.3. The van der Waals surface area contributed by atoms with Crippen LogP contribution in [0.1, 0.15) is 219 Å². The third-order valence-electron chi connectivity index (χ3n) is 9.75. The van der Waals surface area contributed by atoms with E-state index in [1.807, 2.05) is 0 Å². The number of carbonyl (C=O) groups excluding carboxylic acids is 2. The SMILES string of the molecule is CCCCCCCCCCCCCCCCCC(=O)C(OP(=O)(O)O)(C(=O)CCCCCCCCCCCCCCCCC)C(O)CO. The van der Waals surface area contributed by atoms with Crippen molar-refractivity contribution in [2.75, 3.05) is 6.61 Å². The lowest BCUT2D eigenvalue weighted by atomic mass is 9.82. The highest BCUT2D eigenvalue weighted by Crippen LogP contribution is 2.44. The summed E-state index contributed by atoms with van der Waals surface area (Å²) in [5, 5.41) is 20.2. The van der Waals surface area contributed by atoms with Gasteiger partial charge < -0.3 is 20.0 Å². The fraction of sp³-hybridized carbons (Fsp3) is 0.949. The molecule has 0 aliphatic carbocycles. The number of hydrogen-bond donors (Lipinski definition) is 4. The van der Waals surface area contributed by atoms with E-state index >= 15 is 0 Å². The Balaban J connectivity index is 4.41. The Kier molecular flexibility index (Phi) is 31.9. The first-order chi connectivity index (χ1) is 23.2. The minimum absolute atomic E-state index is 0.153. The van der Waals surface area contributed by atoms with Crippen molar-refractivity contribution in [1.82, 2.24) is 0 Å². The highest BCUT2D eigenvalue weighted by Gasteiger charge is 2.55. The summed E-state index contributed by atoms with van der Waals surface area (Å²) in [6, 6.07) is 0. The van der Waals surface area contributed by atoms with Crippen LogP contribution in [0.4, 0.5) is 0 Å². The molecule has 0 aromatic heterocycles. The number of phosphoric acid groups is 1. The van der Waals surface area contributed by atoms with Crippen molar-refractivity contribution in [3.63, 3.8) is 0 Å². The van der Waals surface area contributed by atoms with Gasteiger partial charge in [-0.25, -0.2) is 4.57 Å². The molecular weight excluding hydrogens is 627 g/mol. The molecule has 1 unspecified atom stereocenters. The van der Waals surface area contributed by atoms with Gasteiger partial charge >= 0.3 is 7.82 Å². The van der Waals surface area contributed by atoms with Gasteiger partial charge in [0.1, 0.15) is 6.10 Å². The molecule has 0 heterocycles. The van der Waals surface area contributed by atoms with Gasteiger partial charge in [0.15, 0.2) is 11.6 Å². The molecule has 0 radical (unpaired) electrons. The molecule has 9 heteroatoms. The normalized spacial score (nSPS) is 12.9. The lowest BCUT2D eigenvalue weighted by Gasteiger charge is -2.34. The summed E-state index contributed by atoms with van der Waals surface area (Å²) in [6.07, 6.45) is 32.3. The zero-order valence-electron chi connectivity index (χ0n) is 31.3. The predicted octanol–water partition coefficient (Wildman–Crippen LogP) is 10.8. The Morgan fingerprint density at radius 2 is 0.729 bits per heavy atom. The van der Waals surface area contributed by atoms with E-state index in [2.05, 4.69) is 13.8 Å². The molecule has 0 saturated heterocycles. The van der Waals surface area contributed by atoms with Gasteiger partial charge in [0.2, 0.25) is 5.60 Å². The van der Waals surface area contributed by atoms with Crippen molar-refractivity contribution < 1.29 is 38.7 Å². The maximum atomic E-state index is 13.3. The van der Waals surface area contributed by atoms with E-state index in [0.29, 0.717) is 12.8 Å². The van der Waals surface area contributed by atoms with Crippen LogP contribution in [0.25, 0.3) is 0 Å². The number of unbranched alkanes of at least 4 members (excludes halogenated alkanes) is 28. The molecule has 0 saturated carbocycles. The molecule has 0 fully saturated rings. The Morgan fingerprint density at radius 3 is 0.938 bits per heavy atom. The highest BCUT2D eigenvalue weighted by molar-refractivity contribution is 7.46. The minimum atomic E-state index is -5.32. The van der Waals surface area contributed by atoms with Crippen molar-refractivity contribution in [2.24, 2.45) is 0 Å². The van der Waals surface area contributed by atoms with Crippen molar-refractivity contribution in [1.29, 1.82) is 0 Å². The fourth-order valence-electron chi connectivity index (χ4n) is 6.69. The molecule has 0 rings (SSSR count). The topological polar surface area (TPSA) is 141 Å². The first-order valence-electron chi connectivity index (χ1n) is 20.3. The predicted molar refractivity (Wildman–Crippen MR) is 198 cm³/mol. The van der Waals surface area contributed by atoms with E-state index in [1.165, 1.54) is 128 Å². The average Bonchev–Trinajstić information content (AvgIpc) is 3.06. The van der Waals surface area contributed by atoms with Gasteiger partial charge in [-0.2, -0.15) is 0 Å².